The minimum absolute atomic E-state index is 0.463. The molecule has 2 rings (SSSR count). The van der Waals surface area contributed by atoms with Gasteiger partial charge in [0.2, 0.25) is 0 Å². The van der Waals surface area contributed by atoms with Gasteiger partial charge in [-0.2, -0.15) is 0 Å². The lowest BCUT2D eigenvalue weighted by atomic mass is 10.1. The summed E-state index contributed by atoms with van der Waals surface area (Å²) in [4.78, 5) is 12.6. The second-order valence-corrected chi connectivity index (χ2v) is 4.67. The fraction of sp³-hybridized carbons (Fsp3) is 0.462. The van der Waals surface area contributed by atoms with Crippen LogP contribution < -0.4 is 10.2 Å². The van der Waals surface area contributed by atoms with E-state index < -0.39 is 6.03 Å². The van der Waals surface area contributed by atoms with E-state index in [4.69, 9.17) is 9.94 Å². The number of carbonyl (C=O) groups excluding carboxylic acids is 1. The summed E-state index contributed by atoms with van der Waals surface area (Å²) in [6.07, 6.45) is 1.08. The van der Waals surface area contributed by atoms with Crippen molar-refractivity contribution >= 4 is 6.03 Å². The van der Waals surface area contributed by atoms with Crippen molar-refractivity contribution in [3.63, 3.8) is 0 Å². The molecule has 98 valence electrons. The van der Waals surface area contributed by atoms with E-state index in [1.54, 1.807) is 19.6 Å². The molecule has 0 bridgehead atoms. The monoisotopic (exact) mass is 250 g/mol. The Kier molecular flexibility index (Phi) is 3.72. The predicted octanol–water partition coefficient (Wildman–Crippen LogP) is 1.83. The lowest BCUT2D eigenvalue weighted by molar-refractivity contribution is 0.135. The first-order valence-electron chi connectivity index (χ1n) is 5.95. The number of rotatable bonds is 4. The van der Waals surface area contributed by atoms with Gasteiger partial charge in [0.05, 0.1) is 7.11 Å². The second kappa shape index (κ2) is 5.27. The van der Waals surface area contributed by atoms with Crippen LogP contribution in [0.2, 0.25) is 0 Å². The van der Waals surface area contributed by atoms with Gasteiger partial charge in [-0.3, -0.25) is 5.21 Å². The SMILES string of the molecule is COc1ccc([C@@H]2C[C@H]2CN(C)C(=O)NO)cc1. The number of nitrogens with zero attached hydrogens (tertiary/aromatic N) is 1. The Hall–Kier alpha value is -1.75. The third kappa shape index (κ3) is 2.73. The van der Waals surface area contributed by atoms with E-state index in [-0.39, 0.29) is 0 Å². The van der Waals surface area contributed by atoms with Crippen molar-refractivity contribution in [1.82, 2.24) is 10.4 Å². The Morgan fingerprint density at radius 1 is 1.50 bits per heavy atom. The molecule has 5 nitrogen and oxygen atoms in total. The Morgan fingerprint density at radius 2 is 2.17 bits per heavy atom. The molecule has 1 aliphatic rings. The van der Waals surface area contributed by atoms with Gasteiger partial charge in [0.25, 0.3) is 0 Å². The third-order valence-electron chi connectivity index (χ3n) is 3.42. The molecular formula is C13H18N2O3. The summed E-state index contributed by atoms with van der Waals surface area (Å²) in [5.74, 6) is 1.83. The molecule has 2 N–H and O–H groups in total. The molecule has 0 radical (unpaired) electrons. The molecule has 1 saturated carbocycles. The fourth-order valence-corrected chi connectivity index (χ4v) is 2.23. The zero-order chi connectivity index (χ0) is 13.1. The first-order chi connectivity index (χ1) is 8.65. The van der Waals surface area contributed by atoms with E-state index >= 15 is 0 Å². The Bertz CT molecular complexity index is 419. The van der Waals surface area contributed by atoms with E-state index in [0.29, 0.717) is 18.4 Å². The molecule has 1 aromatic carbocycles. The van der Waals surface area contributed by atoms with Crippen LogP contribution in [0.3, 0.4) is 0 Å². The summed E-state index contributed by atoms with van der Waals surface area (Å²) >= 11 is 0. The van der Waals surface area contributed by atoms with E-state index in [2.05, 4.69) is 12.1 Å². The summed E-state index contributed by atoms with van der Waals surface area (Å²) in [7, 11) is 3.33. The highest BCUT2D eigenvalue weighted by atomic mass is 16.5. The highest BCUT2D eigenvalue weighted by Gasteiger charge is 2.39. The number of amides is 2. The van der Waals surface area contributed by atoms with Gasteiger partial charge in [0.15, 0.2) is 0 Å². The van der Waals surface area contributed by atoms with Crippen molar-refractivity contribution in [1.29, 1.82) is 0 Å². The van der Waals surface area contributed by atoms with Crippen molar-refractivity contribution in [2.75, 3.05) is 20.7 Å². The topological polar surface area (TPSA) is 61.8 Å². The van der Waals surface area contributed by atoms with Crippen LogP contribution in [0.25, 0.3) is 0 Å². The van der Waals surface area contributed by atoms with Gasteiger partial charge in [0, 0.05) is 13.6 Å². The molecule has 18 heavy (non-hydrogen) atoms. The summed E-state index contributed by atoms with van der Waals surface area (Å²) in [6.45, 7) is 0.656. The van der Waals surface area contributed by atoms with E-state index in [1.165, 1.54) is 10.5 Å². The average Bonchev–Trinajstić information content (AvgIpc) is 3.17. The lowest BCUT2D eigenvalue weighted by Gasteiger charge is -2.15. The van der Waals surface area contributed by atoms with Crippen LogP contribution in [-0.4, -0.2) is 36.8 Å². The first-order valence-corrected chi connectivity index (χ1v) is 5.95. The minimum Gasteiger partial charge on any atom is -0.497 e. The van der Waals surface area contributed by atoms with Crippen LogP contribution in [-0.2, 0) is 0 Å². The van der Waals surface area contributed by atoms with Crippen LogP contribution in [0, 0.1) is 5.92 Å². The second-order valence-electron chi connectivity index (χ2n) is 4.67. The van der Waals surface area contributed by atoms with Gasteiger partial charge in [-0.05, 0) is 36.0 Å². The van der Waals surface area contributed by atoms with Crippen molar-refractivity contribution in [3.8, 4) is 5.75 Å². The molecule has 0 aromatic heterocycles. The summed E-state index contributed by atoms with van der Waals surface area (Å²) < 4.78 is 5.12. The lowest BCUT2D eigenvalue weighted by Crippen LogP contribution is -2.36. The summed E-state index contributed by atoms with van der Waals surface area (Å²) in [6, 6.07) is 7.57. The number of hydroxylamine groups is 1. The summed E-state index contributed by atoms with van der Waals surface area (Å²) in [5.41, 5.74) is 2.91. The number of methoxy groups -OCH3 is 1. The molecule has 0 unspecified atom stereocenters. The Balaban J connectivity index is 1.88. The molecule has 0 spiro atoms. The molecule has 0 heterocycles. The van der Waals surface area contributed by atoms with Crippen molar-refractivity contribution < 1.29 is 14.7 Å². The number of ether oxygens (including phenoxy) is 1. The van der Waals surface area contributed by atoms with Gasteiger partial charge in [-0.15, -0.1) is 0 Å². The average molecular weight is 250 g/mol. The van der Waals surface area contributed by atoms with Gasteiger partial charge >= 0.3 is 6.03 Å². The van der Waals surface area contributed by atoms with Crippen LogP contribution in [0.15, 0.2) is 24.3 Å². The smallest absolute Gasteiger partial charge is 0.340 e. The first kappa shape index (κ1) is 12.7. The van der Waals surface area contributed by atoms with Gasteiger partial charge in [0.1, 0.15) is 5.75 Å². The summed E-state index contributed by atoms with van der Waals surface area (Å²) in [5, 5.41) is 8.52. The van der Waals surface area contributed by atoms with Gasteiger partial charge in [-0.25, -0.2) is 10.3 Å². The fourth-order valence-electron chi connectivity index (χ4n) is 2.23. The molecule has 1 aliphatic carbocycles. The van der Waals surface area contributed by atoms with Crippen LogP contribution >= 0.6 is 0 Å². The number of hydrogen-bond acceptors (Lipinski definition) is 3. The van der Waals surface area contributed by atoms with Crippen molar-refractivity contribution in [2.24, 2.45) is 5.92 Å². The normalized spacial score (nSPS) is 21.3. The quantitative estimate of drug-likeness (QED) is 0.633. The standard InChI is InChI=1S/C13H18N2O3/c1-15(13(16)14-17)8-10-7-12(10)9-3-5-11(18-2)6-4-9/h3-6,10,12,17H,7-8H2,1-2H3,(H,14,16)/t10-,12-/m0/s1. The van der Waals surface area contributed by atoms with Gasteiger partial charge in [-0.1, -0.05) is 12.1 Å². The van der Waals surface area contributed by atoms with Crippen LogP contribution in [0.4, 0.5) is 4.79 Å². The van der Waals surface area contributed by atoms with Crippen molar-refractivity contribution in [3.05, 3.63) is 29.8 Å². The van der Waals surface area contributed by atoms with E-state index in [1.807, 2.05) is 12.1 Å². The highest BCUT2D eigenvalue weighted by molar-refractivity contribution is 5.72. The molecule has 2 atom stereocenters. The maximum Gasteiger partial charge on any atom is 0.340 e. The molecule has 5 heteroatoms. The number of carbonyl (C=O) groups is 1. The number of hydrogen-bond donors (Lipinski definition) is 2. The van der Waals surface area contributed by atoms with Crippen molar-refractivity contribution in [2.45, 2.75) is 12.3 Å². The number of urea groups is 1. The number of nitrogens with one attached hydrogen (secondary N) is 1. The molecule has 2 amide bonds. The molecular weight excluding hydrogens is 232 g/mol. The van der Waals surface area contributed by atoms with Crippen LogP contribution in [0.1, 0.15) is 17.9 Å². The number of benzene rings is 1. The van der Waals surface area contributed by atoms with E-state index in [0.717, 1.165) is 12.2 Å². The highest BCUT2D eigenvalue weighted by Crippen LogP contribution is 2.47. The van der Waals surface area contributed by atoms with Crippen LogP contribution in [0.5, 0.6) is 5.75 Å². The van der Waals surface area contributed by atoms with Gasteiger partial charge < -0.3 is 9.64 Å². The molecule has 1 fully saturated rings. The minimum atomic E-state index is -0.463. The zero-order valence-electron chi connectivity index (χ0n) is 10.6. The Labute approximate surface area is 106 Å². The molecule has 0 saturated heterocycles. The predicted molar refractivity (Wildman–Crippen MR) is 66.8 cm³/mol. The molecule has 0 aliphatic heterocycles. The Morgan fingerprint density at radius 3 is 2.72 bits per heavy atom. The largest absolute Gasteiger partial charge is 0.497 e. The zero-order valence-corrected chi connectivity index (χ0v) is 10.6. The third-order valence-corrected chi connectivity index (χ3v) is 3.42. The molecule has 1 aromatic rings. The maximum atomic E-state index is 11.2. The maximum absolute atomic E-state index is 11.2. The van der Waals surface area contributed by atoms with E-state index in [9.17, 15) is 4.79 Å².